The highest BCUT2D eigenvalue weighted by atomic mass is 19.1. The minimum atomic E-state index is -0.945. The molecule has 0 saturated heterocycles. The number of aromatic hydroxyl groups is 1. The first kappa shape index (κ1) is 28.6. The van der Waals surface area contributed by atoms with Crippen LogP contribution in [-0.4, -0.2) is 76.4 Å². The van der Waals surface area contributed by atoms with Gasteiger partial charge in [0.15, 0.2) is 11.5 Å². The smallest absolute Gasteiger partial charge is 0.312 e. The van der Waals surface area contributed by atoms with Gasteiger partial charge in [0.1, 0.15) is 17.7 Å². The number of nitrogens with zero attached hydrogens (tertiary/aromatic N) is 4. The fraction of sp³-hybridized carbons (Fsp3) is 0.480. The van der Waals surface area contributed by atoms with Crippen LogP contribution in [0.5, 0.6) is 5.75 Å². The minimum Gasteiger partial charge on any atom is -0.501 e. The summed E-state index contributed by atoms with van der Waals surface area (Å²) in [5.41, 5.74) is -0.525. The van der Waals surface area contributed by atoms with Gasteiger partial charge in [0.2, 0.25) is 5.75 Å². The summed E-state index contributed by atoms with van der Waals surface area (Å²) in [5.74, 6) is -3.31. The Bertz CT molecular complexity index is 1180. The molecule has 1 aromatic carbocycles. The van der Waals surface area contributed by atoms with Gasteiger partial charge in [0.25, 0.3) is 5.56 Å². The molecule has 1 aliphatic heterocycles. The molecule has 0 radical (unpaired) electrons. The van der Waals surface area contributed by atoms with Gasteiger partial charge in [-0.05, 0) is 30.5 Å². The van der Waals surface area contributed by atoms with E-state index in [9.17, 15) is 28.7 Å². The van der Waals surface area contributed by atoms with Crippen molar-refractivity contribution in [2.24, 2.45) is 0 Å². The maximum Gasteiger partial charge on any atom is 0.312 e. The lowest BCUT2D eigenvalue weighted by Crippen LogP contribution is -2.44. The highest BCUT2D eigenvalue weighted by Gasteiger charge is 2.36. The van der Waals surface area contributed by atoms with Gasteiger partial charge in [-0.2, -0.15) is 0 Å². The number of amides is 2. The normalized spacial score (nSPS) is 16.8. The van der Waals surface area contributed by atoms with Crippen LogP contribution in [0.1, 0.15) is 61.2 Å². The van der Waals surface area contributed by atoms with E-state index >= 15 is 0 Å². The molecule has 0 bridgehead atoms. The number of aryl methyl sites for hydroxylation is 1. The summed E-state index contributed by atoms with van der Waals surface area (Å²) >= 11 is 0. The molecule has 1 aromatic heterocycles. The number of rotatable bonds is 6. The van der Waals surface area contributed by atoms with Crippen LogP contribution in [0, 0.1) is 5.82 Å². The quantitative estimate of drug-likeness (QED) is 0.472. The summed E-state index contributed by atoms with van der Waals surface area (Å²) in [6.07, 6.45) is 0.632. The predicted octanol–water partition coefficient (Wildman–Crippen LogP) is 2.11. The fourth-order valence-corrected chi connectivity index (χ4v) is 3.88. The van der Waals surface area contributed by atoms with E-state index in [4.69, 9.17) is 4.74 Å². The molecule has 3 rings (SSSR count). The van der Waals surface area contributed by atoms with E-state index in [0.717, 1.165) is 9.80 Å². The highest BCUT2D eigenvalue weighted by molar-refractivity contribution is 6.34. The standard InChI is InChI=1S/C24H29FN4O6.CH4/c1-5-16-12-35-13-17(28(4)24(34)23(33)27(2)3)21-26-19(20(31)22(32)29(16)21)18(30)11-8-14-6-9-15(25)10-7-14;/h6-7,9-10,16-17,31H,5,8,11-13H2,1-4H3;1H4/t16-,17+;/m0./s1. The topological polar surface area (TPSA) is 122 Å². The Kier molecular flexibility index (Phi) is 9.46. The van der Waals surface area contributed by atoms with Gasteiger partial charge in [-0.1, -0.05) is 26.5 Å². The molecule has 0 unspecified atom stereocenters. The second kappa shape index (κ2) is 11.9. The summed E-state index contributed by atoms with van der Waals surface area (Å²) in [5, 5.41) is 10.6. The fourth-order valence-electron chi connectivity index (χ4n) is 3.88. The van der Waals surface area contributed by atoms with E-state index in [1.807, 2.05) is 6.92 Å². The average Bonchev–Trinajstić information content (AvgIpc) is 3.03. The molecule has 11 heteroatoms. The molecule has 2 aromatic rings. The van der Waals surface area contributed by atoms with Gasteiger partial charge in [0.05, 0.1) is 19.3 Å². The van der Waals surface area contributed by atoms with Crippen LogP contribution in [-0.2, 0) is 20.7 Å². The first-order chi connectivity index (χ1) is 16.6. The molecule has 36 heavy (non-hydrogen) atoms. The van der Waals surface area contributed by atoms with E-state index in [-0.39, 0.29) is 39.3 Å². The van der Waals surface area contributed by atoms with Crippen molar-refractivity contribution in [3.8, 4) is 5.75 Å². The maximum absolute atomic E-state index is 13.2. The molecule has 0 fully saturated rings. The lowest BCUT2D eigenvalue weighted by molar-refractivity contribution is -0.151. The summed E-state index contributed by atoms with van der Waals surface area (Å²) in [7, 11) is 4.28. The number of ketones is 1. The Hall–Kier alpha value is -3.60. The summed E-state index contributed by atoms with van der Waals surface area (Å²) in [6, 6.07) is 4.22. The Morgan fingerprint density at radius 1 is 1.14 bits per heavy atom. The number of ether oxygens (including phenoxy) is 1. The zero-order valence-corrected chi connectivity index (χ0v) is 20.2. The maximum atomic E-state index is 13.2. The largest absolute Gasteiger partial charge is 0.501 e. The second-order valence-corrected chi connectivity index (χ2v) is 8.62. The molecule has 2 atom stereocenters. The zero-order chi connectivity index (χ0) is 25.9. The van der Waals surface area contributed by atoms with Gasteiger partial charge in [-0.25, -0.2) is 9.37 Å². The number of carbonyl (C=O) groups excluding carboxylic acids is 3. The molecule has 0 aliphatic carbocycles. The lowest BCUT2D eigenvalue weighted by atomic mass is 10.0. The van der Waals surface area contributed by atoms with E-state index in [1.165, 1.54) is 37.8 Å². The summed E-state index contributed by atoms with van der Waals surface area (Å²) in [4.78, 5) is 57.8. The molecular formula is C25H33FN4O6. The average molecular weight is 505 g/mol. The minimum absolute atomic E-state index is 0. The number of likely N-dealkylation sites (N-methyl/N-ethyl adjacent to an activating group) is 2. The van der Waals surface area contributed by atoms with Crippen LogP contribution in [0.3, 0.4) is 0 Å². The number of Topliss-reactive ketones (excluding diaryl/α,β-unsaturated/α-hetero) is 1. The van der Waals surface area contributed by atoms with Crippen LogP contribution in [0.15, 0.2) is 29.1 Å². The molecule has 2 heterocycles. The Morgan fingerprint density at radius 3 is 2.36 bits per heavy atom. The van der Waals surface area contributed by atoms with Gasteiger partial charge >= 0.3 is 11.8 Å². The SMILES string of the molecule is C.CC[C@H]1COC[C@@H](N(C)C(=O)C(=O)N(C)C)c2nc(C(=O)CCc3ccc(F)cc3)c(O)c(=O)n21. The van der Waals surface area contributed by atoms with Crippen molar-refractivity contribution in [1.82, 2.24) is 19.4 Å². The molecule has 1 aliphatic rings. The van der Waals surface area contributed by atoms with Crippen molar-refractivity contribution < 1.29 is 28.6 Å². The predicted molar refractivity (Wildman–Crippen MR) is 130 cm³/mol. The van der Waals surface area contributed by atoms with E-state index < -0.39 is 52.5 Å². The van der Waals surface area contributed by atoms with Crippen LogP contribution in [0.2, 0.25) is 0 Å². The van der Waals surface area contributed by atoms with E-state index in [0.29, 0.717) is 12.0 Å². The van der Waals surface area contributed by atoms with Gasteiger partial charge < -0.3 is 19.6 Å². The first-order valence-electron chi connectivity index (χ1n) is 11.3. The van der Waals surface area contributed by atoms with Crippen LogP contribution >= 0.6 is 0 Å². The van der Waals surface area contributed by atoms with Crippen LogP contribution in [0.25, 0.3) is 0 Å². The highest BCUT2D eigenvalue weighted by Crippen LogP contribution is 2.28. The number of fused-ring (bicyclic) bond motifs is 1. The molecule has 2 amide bonds. The third-order valence-electron chi connectivity index (χ3n) is 6.03. The zero-order valence-electron chi connectivity index (χ0n) is 20.2. The van der Waals surface area contributed by atoms with Crippen molar-refractivity contribution in [3.05, 3.63) is 57.5 Å². The Balaban J connectivity index is 0.00000456. The Morgan fingerprint density at radius 2 is 1.78 bits per heavy atom. The van der Waals surface area contributed by atoms with Crippen molar-refractivity contribution in [2.45, 2.75) is 45.7 Å². The van der Waals surface area contributed by atoms with Gasteiger partial charge in [-0.15, -0.1) is 0 Å². The molecule has 10 nitrogen and oxygen atoms in total. The van der Waals surface area contributed by atoms with E-state index in [2.05, 4.69) is 4.98 Å². The number of aromatic nitrogens is 2. The van der Waals surface area contributed by atoms with Crippen molar-refractivity contribution >= 4 is 17.6 Å². The van der Waals surface area contributed by atoms with Gasteiger partial charge in [-0.3, -0.25) is 23.7 Å². The summed E-state index contributed by atoms with van der Waals surface area (Å²) in [6.45, 7) is 1.90. The monoisotopic (exact) mass is 504 g/mol. The van der Waals surface area contributed by atoms with Crippen LogP contribution in [0.4, 0.5) is 4.39 Å². The van der Waals surface area contributed by atoms with Gasteiger partial charge in [0, 0.05) is 27.6 Å². The van der Waals surface area contributed by atoms with Crippen molar-refractivity contribution in [1.29, 1.82) is 0 Å². The van der Waals surface area contributed by atoms with Crippen molar-refractivity contribution in [3.63, 3.8) is 0 Å². The third-order valence-corrected chi connectivity index (χ3v) is 6.03. The molecular weight excluding hydrogens is 471 g/mol. The van der Waals surface area contributed by atoms with Crippen molar-refractivity contribution in [2.75, 3.05) is 34.4 Å². The number of carbonyl (C=O) groups is 3. The second-order valence-electron chi connectivity index (χ2n) is 8.62. The number of halogens is 1. The Labute approximate surface area is 209 Å². The number of benzene rings is 1. The molecule has 196 valence electrons. The molecule has 1 N–H and O–H groups in total. The van der Waals surface area contributed by atoms with Crippen LogP contribution < -0.4 is 5.56 Å². The third kappa shape index (κ3) is 5.78. The lowest BCUT2D eigenvalue weighted by Gasteiger charge is -2.28. The molecule has 0 saturated carbocycles. The summed E-state index contributed by atoms with van der Waals surface area (Å²) < 4.78 is 20.1. The number of hydrogen-bond donors (Lipinski definition) is 1. The first-order valence-corrected chi connectivity index (χ1v) is 11.3. The number of hydrogen-bond acceptors (Lipinski definition) is 7. The van der Waals surface area contributed by atoms with E-state index in [1.54, 1.807) is 12.1 Å². The molecule has 0 spiro atoms.